The predicted octanol–water partition coefficient (Wildman–Crippen LogP) is 1.36. The summed E-state index contributed by atoms with van der Waals surface area (Å²) in [6.07, 6.45) is 3.48. The second-order valence-electron chi connectivity index (χ2n) is 5.82. The Morgan fingerprint density at radius 1 is 1.40 bits per heavy atom. The van der Waals surface area contributed by atoms with E-state index in [1.165, 1.54) is 4.88 Å². The van der Waals surface area contributed by atoms with E-state index in [1.54, 1.807) is 11.3 Å². The molecule has 1 unspecified atom stereocenters. The number of morpholine rings is 1. The summed E-state index contributed by atoms with van der Waals surface area (Å²) in [5.41, 5.74) is 0. The molecule has 1 aromatic heterocycles. The van der Waals surface area contributed by atoms with Gasteiger partial charge in [-0.1, -0.05) is 0 Å². The largest absolute Gasteiger partial charge is 0.376 e. The number of rotatable bonds is 6. The van der Waals surface area contributed by atoms with E-state index in [-0.39, 0.29) is 0 Å². The van der Waals surface area contributed by atoms with E-state index in [4.69, 9.17) is 4.74 Å². The Bertz CT molecular complexity index is 408. The Hall–Kier alpha value is -0.690. The molecule has 0 radical (unpaired) electrons. The molecule has 114 valence electrons. The first-order valence-electron chi connectivity index (χ1n) is 7.15. The standard InChI is InChI=1S/C14H26N4OS/c1-16(2)6-5-12-10-18(7-8-19-12)11-13-9-15-14(20-13)17(3)4/h9,12H,5-8,10-11H2,1-4H3. The van der Waals surface area contributed by atoms with E-state index in [0.717, 1.165) is 44.3 Å². The van der Waals surface area contributed by atoms with Gasteiger partial charge in [-0.2, -0.15) is 0 Å². The monoisotopic (exact) mass is 298 g/mol. The zero-order chi connectivity index (χ0) is 14.5. The van der Waals surface area contributed by atoms with Crippen LogP contribution in [0, 0.1) is 0 Å². The van der Waals surface area contributed by atoms with E-state index in [9.17, 15) is 0 Å². The molecular weight excluding hydrogens is 272 g/mol. The minimum absolute atomic E-state index is 0.368. The molecule has 2 rings (SSSR count). The SMILES string of the molecule is CN(C)CCC1CN(Cc2cnc(N(C)C)s2)CCO1. The summed E-state index contributed by atoms with van der Waals surface area (Å²) in [6.45, 7) is 4.98. The van der Waals surface area contributed by atoms with Crippen molar-refractivity contribution < 1.29 is 4.74 Å². The third-order valence-corrected chi connectivity index (χ3v) is 4.57. The molecule has 0 aliphatic carbocycles. The highest BCUT2D eigenvalue weighted by atomic mass is 32.1. The summed E-state index contributed by atoms with van der Waals surface area (Å²) in [5.74, 6) is 0. The van der Waals surface area contributed by atoms with Gasteiger partial charge in [0, 0.05) is 51.3 Å². The number of aromatic nitrogens is 1. The number of anilines is 1. The van der Waals surface area contributed by atoms with Crippen LogP contribution in [0.4, 0.5) is 5.13 Å². The van der Waals surface area contributed by atoms with Crippen LogP contribution in [0.25, 0.3) is 0 Å². The van der Waals surface area contributed by atoms with Gasteiger partial charge < -0.3 is 14.5 Å². The minimum atomic E-state index is 0.368. The molecule has 1 saturated heterocycles. The fourth-order valence-corrected chi connectivity index (χ4v) is 3.17. The van der Waals surface area contributed by atoms with Crippen molar-refractivity contribution in [2.24, 2.45) is 0 Å². The van der Waals surface area contributed by atoms with Gasteiger partial charge in [0.2, 0.25) is 0 Å². The third-order valence-electron chi connectivity index (χ3n) is 3.42. The summed E-state index contributed by atoms with van der Waals surface area (Å²) >= 11 is 1.78. The fraction of sp³-hybridized carbons (Fsp3) is 0.786. The molecule has 0 aromatic carbocycles. The van der Waals surface area contributed by atoms with Gasteiger partial charge in [0.1, 0.15) is 0 Å². The van der Waals surface area contributed by atoms with Gasteiger partial charge in [-0.3, -0.25) is 4.90 Å². The molecule has 1 aliphatic rings. The van der Waals surface area contributed by atoms with Crippen molar-refractivity contribution in [1.29, 1.82) is 0 Å². The first kappa shape index (κ1) is 15.7. The highest BCUT2D eigenvalue weighted by Crippen LogP contribution is 2.22. The third kappa shape index (κ3) is 4.70. The van der Waals surface area contributed by atoms with Crippen molar-refractivity contribution in [3.8, 4) is 0 Å². The van der Waals surface area contributed by atoms with Crippen LogP contribution in [0.5, 0.6) is 0 Å². The summed E-state index contributed by atoms with van der Waals surface area (Å²) in [6, 6.07) is 0. The fourth-order valence-electron chi connectivity index (χ4n) is 2.30. The molecular formula is C14H26N4OS. The molecule has 1 aliphatic heterocycles. The summed E-state index contributed by atoms with van der Waals surface area (Å²) < 4.78 is 5.85. The lowest BCUT2D eigenvalue weighted by Gasteiger charge is -2.33. The second-order valence-corrected chi connectivity index (χ2v) is 6.92. The van der Waals surface area contributed by atoms with Crippen molar-refractivity contribution in [3.63, 3.8) is 0 Å². The van der Waals surface area contributed by atoms with Crippen LogP contribution in [0.1, 0.15) is 11.3 Å². The topological polar surface area (TPSA) is 31.8 Å². The number of ether oxygens (including phenoxy) is 1. The first-order chi connectivity index (χ1) is 9.54. The Morgan fingerprint density at radius 3 is 2.85 bits per heavy atom. The van der Waals surface area contributed by atoms with E-state index in [2.05, 4.69) is 33.8 Å². The number of hydrogen-bond donors (Lipinski definition) is 0. The Kier molecular flexibility index (Phi) is 5.77. The van der Waals surface area contributed by atoms with Gasteiger partial charge in [0.15, 0.2) is 5.13 Å². The molecule has 1 fully saturated rings. The Balaban J connectivity index is 1.82. The summed E-state index contributed by atoms with van der Waals surface area (Å²) in [4.78, 5) is 12.5. The average Bonchev–Trinajstić information content (AvgIpc) is 2.85. The van der Waals surface area contributed by atoms with Crippen molar-refractivity contribution in [1.82, 2.24) is 14.8 Å². The quantitative estimate of drug-likeness (QED) is 0.792. The Morgan fingerprint density at radius 2 is 2.20 bits per heavy atom. The normalized spacial score (nSPS) is 20.6. The van der Waals surface area contributed by atoms with Crippen LogP contribution in [-0.2, 0) is 11.3 Å². The molecule has 20 heavy (non-hydrogen) atoms. The van der Waals surface area contributed by atoms with Gasteiger partial charge in [0.05, 0.1) is 12.7 Å². The van der Waals surface area contributed by atoms with Crippen LogP contribution in [0.2, 0.25) is 0 Å². The maximum atomic E-state index is 5.85. The van der Waals surface area contributed by atoms with Crippen LogP contribution >= 0.6 is 11.3 Å². The molecule has 0 spiro atoms. The molecule has 5 nitrogen and oxygen atoms in total. The van der Waals surface area contributed by atoms with Crippen LogP contribution in [-0.4, -0.2) is 75.3 Å². The lowest BCUT2D eigenvalue weighted by molar-refractivity contribution is -0.0367. The highest BCUT2D eigenvalue weighted by Gasteiger charge is 2.21. The molecule has 0 amide bonds. The summed E-state index contributed by atoms with van der Waals surface area (Å²) in [5, 5.41) is 1.08. The van der Waals surface area contributed by atoms with Gasteiger partial charge in [0.25, 0.3) is 0 Å². The molecule has 1 atom stereocenters. The molecule has 0 saturated carbocycles. The van der Waals surface area contributed by atoms with Crippen molar-refractivity contribution in [3.05, 3.63) is 11.1 Å². The van der Waals surface area contributed by atoms with Gasteiger partial charge >= 0.3 is 0 Å². The van der Waals surface area contributed by atoms with Crippen LogP contribution in [0.15, 0.2) is 6.20 Å². The van der Waals surface area contributed by atoms with Crippen molar-refractivity contribution in [2.75, 3.05) is 59.3 Å². The lowest BCUT2D eigenvalue weighted by atomic mass is 10.2. The Labute approximate surface area is 126 Å². The van der Waals surface area contributed by atoms with Gasteiger partial charge in [-0.25, -0.2) is 4.98 Å². The van der Waals surface area contributed by atoms with E-state index in [1.807, 2.05) is 20.3 Å². The summed E-state index contributed by atoms with van der Waals surface area (Å²) in [7, 11) is 8.30. The van der Waals surface area contributed by atoms with E-state index < -0.39 is 0 Å². The van der Waals surface area contributed by atoms with Crippen molar-refractivity contribution >= 4 is 16.5 Å². The zero-order valence-electron chi connectivity index (χ0n) is 13.0. The average molecular weight is 298 g/mol. The predicted molar refractivity (Wildman–Crippen MR) is 84.6 cm³/mol. The molecule has 0 N–H and O–H groups in total. The lowest BCUT2D eigenvalue weighted by Crippen LogP contribution is -2.42. The van der Waals surface area contributed by atoms with Crippen LogP contribution < -0.4 is 4.90 Å². The molecule has 0 bridgehead atoms. The molecule has 1 aromatic rings. The van der Waals surface area contributed by atoms with E-state index in [0.29, 0.717) is 6.10 Å². The minimum Gasteiger partial charge on any atom is -0.376 e. The van der Waals surface area contributed by atoms with E-state index >= 15 is 0 Å². The second kappa shape index (κ2) is 7.36. The van der Waals surface area contributed by atoms with Gasteiger partial charge in [-0.15, -0.1) is 11.3 Å². The van der Waals surface area contributed by atoms with Crippen molar-refractivity contribution in [2.45, 2.75) is 19.1 Å². The molecule has 6 heteroatoms. The maximum absolute atomic E-state index is 5.85. The first-order valence-corrected chi connectivity index (χ1v) is 7.97. The smallest absolute Gasteiger partial charge is 0.185 e. The molecule has 2 heterocycles. The number of nitrogens with zero attached hydrogens (tertiary/aromatic N) is 4. The maximum Gasteiger partial charge on any atom is 0.185 e. The zero-order valence-corrected chi connectivity index (χ0v) is 13.8. The van der Waals surface area contributed by atoms with Crippen LogP contribution in [0.3, 0.4) is 0 Å². The van der Waals surface area contributed by atoms with Gasteiger partial charge in [-0.05, 0) is 20.5 Å². The highest BCUT2D eigenvalue weighted by molar-refractivity contribution is 7.15. The number of thiazole rings is 1. The number of hydrogen-bond acceptors (Lipinski definition) is 6.